The molecule has 4 heterocycles. The number of nitrogens with two attached hydrogens (primary N) is 1. The highest BCUT2D eigenvalue weighted by molar-refractivity contribution is 5.74. The van der Waals surface area contributed by atoms with E-state index in [0.29, 0.717) is 49.4 Å². The number of carbonyl (C=O) groups is 2. The lowest BCUT2D eigenvalue weighted by Crippen LogP contribution is -2.46. The first-order chi connectivity index (χ1) is 22.3. The van der Waals surface area contributed by atoms with Gasteiger partial charge in [-0.25, -0.2) is 4.68 Å². The third-order valence-corrected chi connectivity index (χ3v) is 9.05. The molecule has 12 nitrogen and oxygen atoms in total. The van der Waals surface area contributed by atoms with Gasteiger partial charge in [-0.05, 0) is 75.1 Å². The minimum absolute atomic E-state index is 0.000000406. The first-order valence-corrected chi connectivity index (χ1v) is 15.7. The first kappa shape index (κ1) is 33.9. The second-order valence-corrected chi connectivity index (χ2v) is 12.1. The predicted molar refractivity (Wildman–Crippen MR) is 166 cm³/mol. The number of hydrogen-bond acceptors (Lipinski definition) is 10. The number of nitrogen functional groups attached to an aromatic ring is 1. The summed E-state index contributed by atoms with van der Waals surface area (Å²) in [6.45, 7) is 6.65. The zero-order valence-electron chi connectivity index (χ0n) is 26.6. The van der Waals surface area contributed by atoms with Gasteiger partial charge in [0.2, 0.25) is 17.9 Å². The zero-order chi connectivity index (χ0) is 33.9. The average molecular weight is 660 g/mol. The van der Waals surface area contributed by atoms with Crippen molar-refractivity contribution in [2.45, 2.75) is 83.7 Å². The maximum absolute atomic E-state index is 14.9. The Morgan fingerprint density at radius 1 is 1.17 bits per heavy atom. The lowest BCUT2D eigenvalue weighted by molar-refractivity contribution is -0.198. The summed E-state index contributed by atoms with van der Waals surface area (Å²) in [7, 11) is 0. The molecule has 47 heavy (non-hydrogen) atoms. The number of alkyl halides is 3. The average Bonchev–Trinajstić information content (AvgIpc) is 3.62. The number of aromatic nitrogens is 4. The minimum atomic E-state index is -4.88. The number of carboxylic acid groups (broad SMARTS) is 1. The molecule has 15 heteroatoms. The van der Waals surface area contributed by atoms with Crippen LogP contribution < -0.4 is 20.7 Å². The number of anilines is 2. The second-order valence-electron chi connectivity index (χ2n) is 12.1. The first-order valence-electron chi connectivity index (χ1n) is 15.7. The molecular weight excluding hydrogens is 619 g/mol. The van der Waals surface area contributed by atoms with E-state index in [4.69, 9.17) is 15.2 Å². The number of esters is 1. The lowest BCUT2D eigenvalue weighted by atomic mass is 9.71. The molecule has 2 aromatic heterocycles. The van der Waals surface area contributed by atoms with Gasteiger partial charge >= 0.3 is 18.1 Å². The number of nitrogens with zero attached hydrogens (tertiary/aromatic N) is 5. The van der Waals surface area contributed by atoms with Crippen LogP contribution in [0.15, 0.2) is 36.5 Å². The van der Waals surface area contributed by atoms with Gasteiger partial charge in [-0.2, -0.15) is 28.2 Å². The summed E-state index contributed by atoms with van der Waals surface area (Å²) in [5.74, 6) is -1.60. The van der Waals surface area contributed by atoms with Crippen molar-refractivity contribution in [1.82, 2.24) is 25.1 Å². The number of ether oxygens (including phenoxy) is 2. The molecule has 0 bridgehead atoms. The van der Waals surface area contributed by atoms with Gasteiger partial charge in [0.1, 0.15) is 11.9 Å². The number of rotatable bonds is 11. The van der Waals surface area contributed by atoms with Crippen molar-refractivity contribution < 1.29 is 37.3 Å². The molecule has 254 valence electrons. The van der Waals surface area contributed by atoms with Crippen molar-refractivity contribution in [1.29, 1.82) is 0 Å². The molecule has 1 aromatic carbocycles. The van der Waals surface area contributed by atoms with E-state index < -0.39 is 30.3 Å². The number of aliphatic carboxylic acids is 1. The molecule has 3 atom stereocenters. The Hall–Kier alpha value is -4.40. The molecule has 2 aliphatic heterocycles. The highest BCUT2D eigenvalue weighted by Crippen LogP contribution is 2.46. The van der Waals surface area contributed by atoms with Gasteiger partial charge in [0.25, 0.3) is 0 Å². The quantitative estimate of drug-likeness (QED) is 0.248. The molecule has 3 aromatic rings. The lowest BCUT2D eigenvalue weighted by Gasteiger charge is -2.43. The van der Waals surface area contributed by atoms with E-state index in [1.54, 1.807) is 32.2 Å². The molecule has 5 rings (SSSR count). The van der Waals surface area contributed by atoms with E-state index in [1.807, 2.05) is 11.8 Å². The molecule has 2 aliphatic rings. The van der Waals surface area contributed by atoms with Crippen molar-refractivity contribution in [3.8, 4) is 11.6 Å². The van der Waals surface area contributed by atoms with Gasteiger partial charge in [-0.1, -0.05) is 13.0 Å². The summed E-state index contributed by atoms with van der Waals surface area (Å²) >= 11 is 0. The van der Waals surface area contributed by atoms with Crippen LogP contribution in [0.4, 0.5) is 24.9 Å². The molecule has 2 saturated heterocycles. The number of aryl methyl sites for hydroxylation is 2. The number of hydrogen-bond donors (Lipinski definition) is 3. The summed E-state index contributed by atoms with van der Waals surface area (Å²) in [6, 6.07) is 6.99. The summed E-state index contributed by atoms with van der Waals surface area (Å²) in [5, 5.41) is 17.2. The maximum Gasteiger partial charge on any atom is 0.429 e. The highest BCUT2D eigenvalue weighted by atomic mass is 19.4. The van der Waals surface area contributed by atoms with Crippen LogP contribution in [0.1, 0.15) is 68.9 Å². The van der Waals surface area contributed by atoms with Crippen LogP contribution >= 0.6 is 0 Å². The van der Waals surface area contributed by atoms with Crippen LogP contribution in [0.3, 0.4) is 0 Å². The topological polar surface area (TPSA) is 158 Å². The van der Waals surface area contributed by atoms with Gasteiger partial charge in [-0.3, -0.25) is 9.59 Å². The fourth-order valence-corrected chi connectivity index (χ4v) is 6.76. The summed E-state index contributed by atoms with van der Waals surface area (Å²) in [4.78, 5) is 33.9. The Morgan fingerprint density at radius 3 is 2.53 bits per heavy atom. The Bertz CT molecular complexity index is 1590. The Labute approximate surface area is 270 Å². The Morgan fingerprint density at radius 2 is 1.91 bits per heavy atom. The van der Waals surface area contributed by atoms with Crippen LogP contribution in [-0.4, -0.2) is 74.7 Å². The minimum Gasteiger partial charge on any atom is -0.480 e. The van der Waals surface area contributed by atoms with Crippen molar-refractivity contribution in [3.05, 3.63) is 53.3 Å². The van der Waals surface area contributed by atoms with Gasteiger partial charge in [0.05, 0.1) is 18.0 Å². The van der Waals surface area contributed by atoms with Crippen molar-refractivity contribution in [3.63, 3.8) is 0 Å². The maximum atomic E-state index is 14.9. The van der Waals surface area contributed by atoms with Crippen LogP contribution in [0, 0.1) is 12.3 Å². The number of nitrogens with one attached hydrogen (secondary N) is 1. The van der Waals surface area contributed by atoms with Crippen LogP contribution in [0.2, 0.25) is 0 Å². The van der Waals surface area contributed by atoms with Gasteiger partial charge in [-0.15, -0.1) is 0 Å². The van der Waals surface area contributed by atoms with Gasteiger partial charge in [0, 0.05) is 43.4 Å². The predicted octanol–water partition coefficient (Wildman–Crippen LogP) is 4.54. The number of carboxylic acids is 1. The number of benzene rings is 1. The highest BCUT2D eigenvalue weighted by Gasteiger charge is 2.50. The molecule has 2 fully saturated rings. The molecule has 0 aliphatic carbocycles. The number of piperidine rings is 1. The second kappa shape index (κ2) is 13.8. The number of carbonyl (C=O) groups excluding carboxylic acids is 1. The summed E-state index contributed by atoms with van der Waals surface area (Å²) < 4.78 is 56.6. The molecule has 0 radical (unpaired) electrons. The van der Waals surface area contributed by atoms with Crippen LogP contribution in [0.25, 0.3) is 5.69 Å². The fraction of sp³-hybridized carbons (Fsp3) is 0.531. The van der Waals surface area contributed by atoms with Crippen molar-refractivity contribution >= 4 is 23.7 Å². The van der Waals surface area contributed by atoms with E-state index in [0.717, 1.165) is 6.42 Å². The summed E-state index contributed by atoms with van der Waals surface area (Å²) in [5.41, 5.74) is 6.83. The van der Waals surface area contributed by atoms with Crippen molar-refractivity contribution in [2.75, 3.05) is 30.3 Å². The monoisotopic (exact) mass is 659 g/mol. The van der Waals surface area contributed by atoms with E-state index in [1.165, 1.54) is 22.9 Å². The molecule has 4 N–H and O–H groups in total. The van der Waals surface area contributed by atoms with Gasteiger partial charge in [0.15, 0.2) is 0 Å². The molecular formula is C32H40F3N7O5. The third kappa shape index (κ3) is 7.61. The molecule has 2 unspecified atom stereocenters. The standard InChI is InChI=1S/C32H40F3N7O5/c1-4-24-31(18-22(37-24)29(44)45)11-14-41(15-12-31)25-17-26(39-30(36)38-25)47-28(32(33,34)35)21-16-20(7-9-27(43)46-5-2)6-8-23(21)42-13-10-19(3)40-42/h6,8,10,13,16-17,22,24,28,37H,4-5,7,9,11-12,14-15,18H2,1-3H3,(H,44,45)(H2,36,38,39)/t22?,24?,28-/m1/s1. The third-order valence-electron chi connectivity index (χ3n) is 9.05. The van der Waals surface area contributed by atoms with E-state index in [9.17, 15) is 27.9 Å². The van der Waals surface area contributed by atoms with Gasteiger partial charge < -0.3 is 30.5 Å². The van der Waals surface area contributed by atoms with Crippen LogP contribution in [0.5, 0.6) is 5.88 Å². The van der Waals surface area contributed by atoms with Crippen LogP contribution in [-0.2, 0) is 20.7 Å². The Balaban J connectivity index is 1.42. The SMILES string of the molecule is CCOC(=O)CCc1ccc(-n2ccc(C)n2)c([C@@H](Oc2cc(N3CCC4(CC3)CC(C(=O)O)NC4CC)nc(N)n2)C(F)(F)F)c1. The van der Waals surface area contributed by atoms with E-state index in [2.05, 4.69) is 20.4 Å². The fourth-order valence-electron chi connectivity index (χ4n) is 6.76. The molecule has 0 amide bonds. The number of halogens is 3. The summed E-state index contributed by atoms with van der Waals surface area (Å²) in [6.07, 6.45) is -2.95. The van der Waals surface area contributed by atoms with E-state index >= 15 is 0 Å². The normalized spacial score (nSPS) is 19.9. The molecule has 1 spiro atoms. The zero-order valence-corrected chi connectivity index (χ0v) is 26.6. The largest absolute Gasteiger partial charge is 0.480 e. The van der Waals surface area contributed by atoms with E-state index in [-0.39, 0.29) is 54.0 Å². The Kier molecular flexibility index (Phi) is 9.94. The van der Waals surface area contributed by atoms with Crippen molar-refractivity contribution in [2.24, 2.45) is 5.41 Å². The molecule has 0 saturated carbocycles. The smallest absolute Gasteiger partial charge is 0.429 e.